The minimum atomic E-state index is -2.27. The van der Waals surface area contributed by atoms with Gasteiger partial charge in [-0.05, 0) is 6.92 Å². The Bertz CT molecular complexity index is 2170. The van der Waals surface area contributed by atoms with Crippen molar-refractivity contribution in [2.75, 3.05) is 39.6 Å². The minimum absolute atomic E-state index is 0.772. The highest BCUT2D eigenvalue weighted by molar-refractivity contribution is 5.74. The summed E-state index contributed by atoms with van der Waals surface area (Å²) in [7, 11) is 0. The molecule has 0 aromatic heterocycles. The lowest BCUT2D eigenvalue weighted by molar-refractivity contribution is -0.389. The molecule has 22 N–H and O–H groups in total. The Kier molecular flexibility index (Phi) is 25.0. The van der Waals surface area contributed by atoms with E-state index in [2.05, 4.69) is 16.0 Å². The van der Waals surface area contributed by atoms with E-state index in [4.69, 9.17) is 61.6 Å². The summed E-state index contributed by atoms with van der Waals surface area (Å²) in [5.41, 5.74) is 0. The predicted molar refractivity (Wildman–Crippen MR) is 265 cm³/mol. The summed E-state index contributed by atoms with van der Waals surface area (Å²) in [6.07, 6.45) is -60.5. The number of aliphatic hydroxyl groups excluding tert-OH is 19. The fourth-order valence-corrected chi connectivity index (χ4v) is 11.0. The summed E-state index contributed by atoms with van der Waals surface area (Å²) in [5.74, 6) is -2.50. The molecule has 0 unspecified atom stereocenters. The first kappa shape index (κ1) is 70.6. The average Bonchev–Trinajstić information content (AvgIpc) is 1.39. The number of hydrogen-bond donors (Lipinski definition) is 22. The van der Waals surface area contributed by atoms with Gasteiger partial charge in [0.1, 0.15) is 165 Å². The molecule has 0 spiro atoms. The van der Waals surface area contributed by atoms with Crippen molar-refractivity contribution in [2.24, 2.45) is 0 Å². The van der Waals surface area contributed by atoms with Gasteiger partial charge in [-0.1, -0.05) is 0 Å². The van der Waals surface area contributed by atoms with Crippen LogP contribution in [0.1, 0.15) is 27.7 Å². The first-order valence-corrected chi connectivity index (χ1v) is 27.5. The van der Waals surface area contributed by atoms with Gasteiger partial charge >= 0.3 is 0 Å². The number of rotatable bonds is 21. The molecule has 0 bridgehead atoms. The van der Waals surface area contributed by atoms with Gasteiger partial charge in [-0.3, -0.25) is 14.4 Å². The van der Waals surface area contributed by atoms with Gasteiger partial charge < -0.3 is 175 Å². The van der Waals surface area contributed by atoms with Gasteiger partial charge in [0.2, 0.25) is 17.7 Å². The van der Waals surface area contributed by atoms with Crippen molar-refractivity contribution in [3.63, 3.8) is 0 Å². The summed E-state index contributed by atoms with van der Waals surface area (Å²) < 4.78 is 75.3. The van der Waals surface area contributed by atoms with Crippen LogP contribution in [0.15, 0.2) is 0 Å². The van der Waals surface area contributed by atoms with E-state index in [1.165, 1.54) is 6.92 Å². The maximum Gasteiger partial charge on any atom is 0.217 e. The molecule has 7 fully saturated rings. The topological polar surface area (TPSA) is 592 Å². The van der Waals surface area contributed by atoms with E-state index in [1.807, 2.05) is 0 Å². The van der Waals surface area contributed by atoms with Crippen molar-refractivity contribution in [1.82, 2.24) is 16.0 Å². The minimum Gasteiger partial charge on any atom is -0.394 e. The number of carbonyl (C=O) groups excluding carboxylic acids is 3. The number of amides is 3. The van der Waals surface area contributed by atoms with Crippen LogP contribution in [0.4, 0.5) is 0 Å². The highest BCUT2D eigenvalue weighted by Crippen LogP contribution is 2.37. The van der Waals surface area contributed by atoms with E-state index in [-0.39, 0.29) is 0 Å². The monoisotopic (exact) mass is 1260 g/mol. The first-order valence-electron chi connectivity index (χ1n) is 27.5. The van der Waals surface area contributed by atoms with Crippen LogP contribution >= 0.6 is 0 Å². The molecule has 3 amide bonds. The number of nitrogens with one attached hydrogen (secondary N) is 3. The van der Waals surface area contributed by atoms with Crippen LogP contribution in [-0.2, 0) is 76.0 Å². The molecule has 0 aromatic carbocycles. The van der Waals surface area contributed by atoms with E-state index in [9.17, 15) is 111 Å². The van der Waals surface area contributed by atoms with Gasteiger partial charge in [0.05, 0.1) is 45.7 Å². The zero-order valence-electron chi connectivity index (χ0n) is 46.5. The lowest BCUT2D eigenvalue weighted by atomic mass is 9.94. The molecule has 35 atom stereocenters. The SMILES string of the molecule is CC(=O)N[C@@H]1[C@@H](O[C@@H]2O[C@H](CO)[C@H](O)[C@H](O)[C@H]2O)[C@@H](O)[C@@H](CO[C@@H]2O[C@H](CO)[C@@H](O[C@@H]3O[C@H](CO)[C@H](O)[C@H](O[C@@H]4O[C@H](CO)[C@@H](O)[C@H](O[C@@H]5O[C@H](CO)[C@H](O)[C@H](O)[C@H]5O[C@@H]5O[C@@H](C)[C@@H](O)[C@@H](O)[C@@H]5O)[C@H]4NC(C)=O)[C@H]3O)[C@H](O)[C@H]2NC(C)=O)O[C@@H]1O. The lowest BCUT2D eigenvalue weighted by Gasteiger charge is -2.51. The molecule has 0 saturated carbocycles. The molecule has 7 aliphatic heterocycles. The first-order chi connectivity index (χ1) is 40.6. The number of carbonyl (C=O) groups is 3. The fourth-order valence-electron chi connectivity index (χ4n) is 11.0. The smallest absolute Gasteiger partial charge is 0.217 e. The van der Waals surface area contributed by atoms with E-state index >= 15 is 0 Å². The van der Waals surface area contributed by atoms with Crippen molar-refractivity contribution >= 4 is 17.7 Å². The van der Waals surface area contributed by atoms with Crippen LogP contribution in [0.5, 0.6) is 0 Å². The normalized spacial score (nSPS) is 49.4. The molecule has 86 heavy (non-hydrogen) atoms. The second-order valence-corrected chi connectivity index (χ2v) is 21.8. The molecular weight excluding hydrogens is 1180 g/mol. The molecule has 38 heteroatoms. The van der Waals surface area contributed by atoms with E-state index in [0.717, 1.165) is 20.8 Å². The van der Waals surface area contributed by atoms with E-state index in [0.29, 0.717) is 0 Å². The molecule has 7 saturated heterocycles. The van der Waals surface area contributed by atoms with Crippen molar-refractivity contribution in [3.8, 4) is 0 Å². The fraction of sp³-hybridized carbons (Fsp3) is 0.938. The van der Waals surface area contributed by atoms with Crippen LogP contribution in [0.3, 0.4) is 0 Å². The van der Waals surface area contributed by atoms with Gasteiger partial charge in [-0.2, -0.15) is 0 Å². The van der Waals surface area contributed by atoms with Crippen molar-refractivity contribution in [1.29, 1.82) is 0 Å². The lowest BCUT2D eigenvalue weighted by Crippen LogP contribution is -2.71. The van der Waals surface area contributed by atoms with Gasteiger partial charge in [0.15, 0.2) is 44.0 Å². The van der Waals surface area contributed by atoms with E-state index < -0.39 is 272 Å². The van der Waals surface area contributed by atoms with Crippen LogP contribution in [0, 0.1) is 0 Å². The Morgan fingerprint density at radius 1 is 0.326 bits per heavy atom. The Hall–Kier alpha value is -2.87. The van der Waals surface area contributed by atoms with Gasteiger partial charge in [0, 0.05) is 20.8 Å². The Morgan fingerprint density at radius 2 is 0.709 bits per heavy atom. The average molecular weight is 1260 g/mol. The Morgan fingerprint density at radius 3 is 1.27 bits per heavy atom. The van der Waals surface area contributed by atoms with Gasteiger partial charge in [-0.15, -0.1) is 0 Å². The summed E-state index contributed by atoms with van der Waals surface area (Å²) in [4.78, 5) is 37.8. The van der Waals surface area contributed by atoms with Crippen LogP contribution in [0.2, 0.25) is 0 Å². The van der Waals surface area contributed by atoms with Crippen LogP contribution in [-0.4, -0.2) is 369 Å². The third kappa shape index (κ3) is 15.4. The van der Waals surface area contributed by atoms with Crippen molar-refractivity contribution in [3.05, 3.63) is 0 Å². The van der Waals surface area contributed by atoms with Crippen LogP contribution < -0.4 is 16.0 Å². The Labute approximate surface area is 488 Å². The third-order valence-electron chi connectivity index (χ3n) is 15.7. The molecule has 7 aliphatic rings. The molecule has 0 aromatic rings. The zero-order valence-corrected chi connectivity index (χ0v) is 46.5. The largest absolute Gasteiger partial charge is 0.394 e. The predicted octanol–water partition coefficient (Wildman–Crippen LogP) is -14.8. The Balaban J connectivity index is 1.10. The third-order valence-corrected chi connectivity index (χ3v) is 15.7. The molecule has 38 nitrogen and oxygen atoms in total. The highest BCUT2D eigenvalue weighted by Gasteiger charge is 2.59. The molecule has 0 radical (unpaired) electrons. The molecular formula is C48H81N3O35. The molecule has 0 aliphatic carbocycles. The summed E-state index contributed by atoms with van der Waals surface area (Å²) in [6.45, 7) is -1.51. The second-order valence-electron chi connectivity index (χ2n) is 21.8. The molecule has 7 heterocycles. The second kappa shape index (κ2) is 30.5. The van der Waals surface area contributed by atoms with Gasteiger partial charge in [0.25, 0.3) is 0 Å². The summed E-state index contributed by atoms with van der Waals surface area (Å²) in [5, 5.41) is 213. The van der Waals surface area contributed by atoms with E-state index in [1.54, 1.807) is 0 Å². The van der Waals surface area contributed by atoms with Crippen molar-refractivity contribution in [2.45, 2.75) is 242 Å². The maximum atomic E-state index is 12.9. The highest BCUT2D eigenvalue weighted by atomic mass is 16.8. The number of aliphatic hydroxyl groups is 19. The molecule has 498 valence electrons. The maximum absolute atomic E-state index is 12.9. The zero-order chi connectivity index (χ0) is 63.5. The van der Waals surface area contributed by atoms with Crippen LogP contribution in [0.25, 0.3) is 0 Å². The number of ether oxygens (including phenoxy) is 13. The number of hydrogen-bond acceptors (Lipinski definition) is 35. The summed E-state index contributed by atoms with van der Waals surface area (Å²) >= 11 is 0. The van der Waals surface area contributed by atoms with Crippen molar-refractivity contribution < 1.29 is 173 Å². The standard InChI is InChI=1S/C48H81N3O35/c1-11-24(60)31(67)34(70)45(75-11)86-41-33(69)26(62)16(6-53)80-48(41)84-39-23(51-14(4)59)44(77-17(7-54)27(39)63)85-40-28(64)18(8-55)79-47(36(40)72)82-37-19(9-56)81-43(21(30(37)66)49-12(2)57)74-10-20-29(65)38(22(42(73)76-20)50-13(3)58)83-46-35(71)32(68)25(61)15(5-52)78-46/h11,15-48,52-56,60-73H,5-10H2,1-4H3,(H,49,57)(H,50,58)(H,51,59)/t11-,15+,16+,17+,18+,19+,20+,21+,22+,23+,24+,25-,26-,27+,28-,29-,30+,31+,32-,33-,34-,35+,36+,37+,38+,39+,40-,41+,42-,43+,44-,45-,46-,47-,48-/m0/s1. The summed E-state index contributed by atoms with van der Waals surface area (Å²) in [6, 6.07) is -5.18. The van der Waals surface area contributed by atoms with Gasteiger partial charge in [-0.25, -0.2) is 0 Å². The molecule has 7 rings (SSSR count). The quantitative estimate of drug-likeness (QED) is 0.0507.